The lowest BCUT2D eigenvalue weighted by molar-refractivity contribution is 0.251. The highest BCUT2D eigenvalue weighted by Crippen LogP contribution is 2.22. The van der Waals surface area contributed by atoms with Crippen LogP contribution in [0.1, 0.15) is 18.1 Å². The first kappa shape index (κ1) is 20.4. The van der Waals surface area contributed by atoms with Gasteiger partial charge in [-0.2, -0.15) is 0 Å². The second-order valence-corrected chi connectivity index (χ2v) is 8.43. The van der Waals surface area contributed by atoms with Gasteiger partial charge in [0.25, 0.3) is 0 Å². The third-order valence-corrected chi connectivity index (χ3v) is 5.46. The Labute approximate surface area is 162 Å². The van der Waals surface area contributed by atoms with Crippen molar-refractivity contribution in [2.75, 3.05) is 15.8 Å². The molecule has 2 amide bonds. The molecule has 3 N–H and O–H groups in total. The Morgan fingerprint density at radius 1 is 1.12 bits per heavy atom. The summed E-state index contributed by atoms with van der Waals surface area (Å²) in [5.41, 5.74) is 2.46. The maximum Gasteiger partial charge on any atom is 0.319 e. The number of anilines is 2. The van der Waals surface area contributed by atoms with Gasteiger partial charge in [0, 0.05) is 22.3 Å². The van der Waals surface area contributed by atoms with Crippen LogP contribution in [-0.4, -0.2) is 20.2 Å². The van der Waals surface area contributed by atoms with Crippen molar-refractivity contribution in [3.05, 3.63) is 57.6 Å². The Balaban J connectivity index is 1.97. The number of amides is 2. The van der Waals surface area contributed by atoms with E-state index in [-0.39, 0.29) is 12.3 Å². The molecule has 6 nitrogen and oxygen atoms in total. The lowest BCUT2D eigenvalue weighted by Crippen LogP contribution is -2.28. The van der Waals surface area contributed by atoms with Gasteiger partial charge in [0.1, 0.15) is 0 Å². The van der Waals surface area contributed by atoms with Crippen molar-refractivity contribution in [1.29, 1.82) is 0 Å². The molecule has 0 heterocycles. The molecule has 0 saturated carbocycles. The highest BCUT2D eigenvalue weighted by molar-refractivity contribution is 7.92. The summed E-state index contributed by atoms with van der Waals surface area (Å²) in [6.07, 6.45) is 0. The number of hydrogen-bond acceptors (Lipinski definition) is 3. The molecule has 0 saturated heterocycles. The van der Waals surface area contributed by atoms with Gasteiger partial charge in [0.2, 0.25) is 10.0 Å². The average Bonchev–Trinajstić information content (AvgIpc) is 2.56. The number of rotatable bonds is 6. The van der Waals surface area contributed by atoms with E-state index >= 15 is 0 Å². The van der Waals surface area contributed by atoms with Gasteiger partial charge in [0.15, 0.2) is 0 Å². The van der Waals surface area contributed by atoms with E-state index in [0.29, 0.717) is 27.0 Å². The Kier molecular flexibility index (Phi) is 6.75. The van der Waals surface area contributed by atoms with Crippen molar-refractivity contribution >= 4 is 50.6 Å². The first-order valence-electron chi connectivity index (χ1n) is 7.80. The number of urea groups is 1. The molecule has 140 valence electrons. The van der Waals surface area contributed by atoms with Gasteiger partial charge >= 0.3 is 6.03 Å². The summed E-state index contributed by atoms with van der Waals surface area (Å²) >= 11 is 11.9. The van der Waals surface area contributed by atoms with Crippen LogP contribution >= 0.6 is 23.2 Å². The summed E-state index contributed by atoms with van der Waals surface area (Å²) in [4.78, 5) is 12.0. The summed E-state index contributed by atoms with van der Waals surface area (Å²) in [6.45, 7) is 3.56. The van der Waals surface area contributed by atoms with Crippen LogP contribution in [0, 0.1) is 6.92 Å². The topological polar surface area (TPSA) is 87.3 Å². The minimum Gasteiger partial charge on any atom is -0.334 e. The number of halogens is 2. The number of sulfonamides is 1. The van der Waals surface area contributed by atoms with Gasteiger partial charge < -0.3 is 10.6 Å². The molecule has 0 aliphatic heterocycles. The standard InChI is InChI=1S/C17H19Cl2N3O3S/c1-3-26(24,25)22-16-7-6-14(8-11(16)2)21-17(23)20-10-12-4-5-13(18)9-15(12)19/h4-9,22H,3,10H2,1-2H3,(H2,20,21,23). The predicted octanol–water partition coefficient (Wildman–Crippen LogP) is 4.39. The van der Waals surface area contributed by atoms with E-state index in [2.05, 4.69) is 15.4 Å². The Morgan fingerprint density at radius 2 is 1.85 bits per heavy atom. The van der Waals surface area contributed by atoms with Gasteiger partial charge in [-0.3, -0.25) is 4.72 Å². The number of benzene rings is 2. The highest BCUT2D eigenvalue weighted by atomic mass is 35.5. The molecule has 0 aliphatic carbocycles. The molecule has 0 radical (unpaired) electrons. The third kappa shape index (κ3) is 5.79. The first-order chi connectivity index (χ1) is 12.2. The van der Waals surface area contributed by atoms with E-state index < -0.39 is 16.1 Å². The summed E-state index contributed by atoms with van der Waals surface area (Å²) in [7, 11) is -3.35. The minimum absolute atomic E-state index is 0.0118. The summed E-state index contributed by atoms with van der Waals surface area (Å²) in [5.74, 6) is -0.0118. The minimum atomic E-state index is -3.35. The van der Waals surface area contributed by atoms with Crippen molar-refractivity contribution in [3.63, 3.8) is 0 Å². The van der Waals surface area contributed by atoms with E-state index in [0.717, 1.165) is 5.56 Å². The van der Waals surface area contributed by atoms with Crippen LogP contribution in [0.4, 0.5) is 16.2 Å². The number of nitrogens with one attached hydrogen (secondary N) is 3. The lowest BCUT2D eigenvalue weighted by atomic mass is 10.2. The number of carbonyl (C=O) groups excluding carboxylic acids is 1. The van der Waals surface area contributed by atoms with Gasteiger partial charge in [-0.1, -0.05) is 29.3 Å². The average molecular weight is 416 g/mol. The zero-order chi connectivity index (χ0) is 19.3. The quantitative estimate of drug-likeness (QED) is 0.653. The fourth-order valence-electron chi connectivity index (χ4n) is 2.11. The molecule has 2 aromatic carbocycles. The number of carbonyl (C=O) groups is 1. The normalized spacial score (nSPS) is 11.1. The fourth-order valence-corrected chi connectivity index (χ4v) is 3.30. The van der Waals surface area contributed by atoms with Crippen LogP contribution in [0.2, 0.25) is 10.0 Å². The molecule has 9 heteroatoms. The van der Waals surface area contributed by atoms with Crippen molar-refractivity contribution in [2.24, 2.45) is 0 Å². The molecule has 0 bridgehead atoms. The lowest BCUT2D eigenvalue weighted by Gasteiger charge is -2.12. The fraction of sp³-hybridized carbons (Fsp3) is 0.235. The van der Waals surface area contributed by atoms with Crippen molar-refractivity contribution in [3.8, 4) is 0 Å². The molecule has 0 unspecified atom stereocenters. The maximum absolute atomic E-state index is 12.0. The second kappa shape index (κ2) is 8.62. The van der Waals surface area contributed by atoms with Crippen molar-refractivity contribution < 1.29 is 13.2 Å². The molecule has 0 fully saturated rings. The molecular weight excluding hydrogens is 397 g/mol. The molecular formula is C17H19Cl2N3O3S. The van der Waals surface area contributed by atoms with Crippen molar-refractivity contribution in [2.45, 2.75) is 20.4 Å². The van der Waals surface area contributed by atoms with E-state index in [1.54, 1.807) is 50.2 Å². The Morgan fingerprint density at radius 3 is 2.46 bits per heavy atom. The van der Waals surface area contributed by atoms with E-state index in [1.165, 1.54) is 0 Å². The van der Waals surface area contributed by atoms with Crippen LogP contribution in [0.5, 0.6) is 0 Å². The third-order valence-electron chi connectivity index (χ3n) is 3.58. The van der Waals surface area contributed by atoms with Gasteiger partial charge in [-0.15, -0.1) is 0 Å². The van der Waals surface area contributed by atoms with E-state index in [4.69, 9.17) is 23.2 Å². The predicted molar refractivity (Wildman–Crippen MR) is 107 cm³/mol. The largest absolute Gasteiger partial charge is 0.334 e. The smallest absolute Gasteiger partial charge is 0.319 e. The zero-order valence-electron chi connectivity index (χ0n) is 14.3. The second-order valence-electron chi connectivity index (χ2n) is 5.58. The van der Waals surface area contributed by atoms with Crippen LogP contribution in [0.25, 0.3) is 0 Å². The van der Waals surface area contributed by atoms with E-state index in [1.807, 2.05) is 0 Å². The van der Waals surface area contributed by atoms with Gasteiger partial charge in [-0.05, 0) is 55.3 Å². The summed E-state index contributed by atoms with van der Waals surface area (Å²) < 4.78 is 25.8. The molecule has 2 rings (SSSR count). The SMILES string of the molecule is CCS(=O)(=O)Nc1ccc(NC(=O)NCc2ccc(Cl)cc2Cl)cc1C. The molecule has 0 spiro atoms. The molecule has 0 aromatic heterocycles. The molecule has 0 aliphatic rings. The van der Waals surface area contributed by atoms with Gasteiger partial charge in [0.05, 0.1) is 11.4 Å². The zero-order valence-corrected chi connectivity index (χ0v) is 16.6. The monoisotopic (exact) mass is 415 g/mol. The van der Waals surface area contributed by atoms with Crippen molar-refractivity contribution in [1.82, 2.24) is 5.32 Å². The van der Waals surface area contributed by atoms with E-state index in [9.17, 15) is 13.2 Å². The molecule has 2 aromatic rings. The number of aryl methyl sites for hydroxylation is 1. The van der Waals surface area contributed by atoms with Crippen LogP contribution in [0.15, 0.2) is 36.4 Å². The first-order valence-corrected chi connectivity index (χ1v) is 10.2. The molecule has 0 atom stereocenters. The molecule has 26 heavy (non-hydrogen) atoms. The summed E-state index contributed by atoms with van der Waals surface area (Å²) in [5, 5.41) is 6.39. The van der Waals surface area contributed by atoms with Gasteiger partial charge in [-0.25, -0.2) is 13.2 Å². The Bertz CT molecular complexity index is 917. The maximum atomic E-state index is 12.0. The van der Waals surface area contributed by atoms with Crippen LogP contribution in [0.3, 0.4) is 0 Å². The number of hydrogen-bond donors (Lipinski definition) is 3. The Hall–Kier alpha value is -1.96. The summed E-state index contributed by atoms with van der Waals surface area (Å²) in [6, 6.07) is 9.55. The highest BCUT2D eigenvalue weighted by Gasteiger charge is 2.10. The van der Waals surface area contributed by atoms with Crippen LogP contribution in [-0.2, 0) is 16.6 Å². The van der Waals surface area contributed by atoms with Crippen LogP contribution < -0.4 is 15.4 Å².